The average molecular weight is 321 g/mol. The lowest BCUT2D eigenvalue weighted by atomic mass is 9.92. The van der Waals surface area contributed by atoms with Gasteiger partial charge in [0.1, 0.15) is 0 Å². The van der Waals surface area contributed by atoms with Gasteiger partial charge in [-0.1, -0.05) is 36.8 Å². The second-order valence-electron chi connectivity index (χ2n) is 5.06. The van der Waals surface area contributed by atoms with Crippen LogP contribution in [0.25, 0.3) is 0 Å². The highest BCUT2D eigenvalue weighted by Gasteiger charge is 2.27. The van der Waals surface area contributed by atoms with Crippen molar-refractivity contribution < 1.29 is 13.6 Å². The fourth-order valence-corrected chi connectivity index (χ4v) is 1.93. The van der Waals surface area contributed by atoms with Gasteiger partial charge in [-0.2, -0.15) is 0 Å². The van der Waals surface area contributed by atoms with Crippen molar-refractivity contribution >= 4 is 18.3 Å². The first kappa shape index (κ1) is 19.8. The van der Waals surface area contributed by atoms with E-state index in [1.165, 1.54) is 0 Å². The number of halogens is 3. The Morgan fingerprint density at radius 1 is 1.33 bits per heavy atom. The molecule has 3 nitrogen and oxygen atoms in total. The molecule has 0 aliphatic heterocycles. The third-order valence-corrected chi connectivity index (χ3v) is 3.32. The van der Waals surface area contributed by atoms with Crippen LogP contribution in [-0.2, 0) is 4.79 Å². The third-order valence-electron chi connectivity index (χ3n) is 3.32. The molecule has 1 unspecified atom stereocenters. The number of alkyl halides is 2. The highest BCUT2D eigenvalue weighted by Crippen LogP contribution is 2.23. The van der Waals surface area contributed by atoms with E-state index in [4.69, 9.17) is 5.73 Å². The lowest BCUT2D eigenvalue weighted by molar-refractivity contribution is -0.123. The summed E-state index contributed by atoms with van der Waals surface area (Å²) in [5, 5.41) is 2.25. The second kappa shape index (κ2) is 8.95. The van der Waals surface area contributed by atoms with Gasteiger partial charge in [-0.3, -0.25) is 4.79 Å². The predicted octanol–water partition coefficient (Wildman–Crippen LogP) is 3.01. The van der Waals surface area contributed by atoms with Gasteiger partial charge in [0.05, 0.1) is 13.1 Å². The Kier molecular flexibility index (Phi) is 8.44. The molecule has 1 rings (SSSR count). The van der Waals surface area contributed by atoms with Crippen LogP contribution in [0.3, 0.4) is 0 Å². The van der Waals surface area contributed by atoms with Crippen molar-refractivity contribution in [2.24, 2.45) is 5.73 Å². The summed E-state index contributed by atoms with van der Waals surface area (Å²) < 4.78 is 25.9. The molecular weight excluding hydrogens is 298 g/mol. The van der Waals surface area contributed by atoms with Gasteiger partial charge in [0.2, 0.25) is 5.91 Å². The SMILES string of the molecule is CCC(CC(=O)NCC(F)(F)CN)c1ccc(C)cc1.Cl. The van der Waals surface area contributed by atoms with E-state index in [2.05, 4.69) is 5.32 Å². The molecule has 3 N–H and O–H groups in total. The summed E-state index contributed by atoms with van der Waals surface area (Å²) in [6.07, 6.45) is 0.990. The van der Waals surface area contributed by atoms with E-state index in [1.807, 2.05) is 38.1 Å². The summed E-state index contributed by atoms with van der Waals surface area (Å²) in [5.74, 6) is -3.37. The molecule has 0 aliphatic carbocycles. The second-order valence-corrected chi connectivity index (χ2v) is 5.06. The first-order valence-electron chi connectivity index (χ1n) is 6.79. The molecule has 0 aliphatic rings. The topological polar surface area (TPSA) is 55.1 Å². The number of benzene rings is 1. The maximum Gasteiger partial charge on any atom is 0.277 e. The van der Waals surface area contributed by atoms with E-state index in [9.17, 15) is 13.6 Å². The molecule has 0 bridgehead atoms. The van der Waals surface area contributed by atoms with Crippen molar-refractivity contribution in [2.75, 3.05) is 13.1 Å². The number of rotatable bonds is 7. The van der Waals surface area contributed by atoms with Gasteiger partial charge < -0.3 is 11.1 Å². The summed E-state index contributed by atoms with van der Waals surface area (Å²) in [4.78, 5) is 11.7. The predicted molar refractivity (Wildman–Crippen MR) is 83.1 cm³/mol. The smallest absolute Gasteiger partial charge is 0.277 e. The third kappa shape index (κ3) is 6.87. The highest BCUT2D eigenvalue weighted by atomic mass is 35.5. The van der Waals surface area contributed by atoms with E-state index < -0.39 is 19.0 Å². The summed E-state index contributed by atoms with van der Waals surface area (Å²) in [6.45, 7) is 2.51. The van der Waals surface area contributed by atoms with Gasteiger partial charge in [-0.15, -0.1) is 12.4 Å². The average Bonchev–Trinajstić information content (AvgIpc) is 2.44. The Bertz CT molecular complexity index is 438. The number of carbonyl (C=O) groups excluding carboxylic acids is 1. The summed E-state index contributed by atoms with van der Waals surface area (Å²) in [6, 6.07) is 7.92. The maximum atomic E-state index is 13.0. The minimum absolute atomic E-state index is 0. The fourth-order valence-electron chi connectivity index (χ4n) is 1.93. The zero-order valence-corrected chi connectivity index (χ0v) is 13.2. The van der Waals surface area contributed by atoms with Crippen LogP contribution in [0, 0.1) is 6.92 Å². The van der Waals surface area contributed by atoms with Crippen LogP contribution in [0.15, 0.2) is 24.3 Å². The number of carbonyl (C=O) groups is 1. The minimum atomic E-state index is -3.04. The van der Waals surface area contributed by atoms with Crippen LogP contribution in [0.5, 0.6) is 0 Å². The van der Waals surface area contributed by atoms with Gasteiger partial charge in [0.15, 0.2) is 0 Å². The van der Waals surface area contributed by atoms with Gasteiger partial charge >= 0.3 is 0 Å². The number of amides is 1. The number of nitrogens with one attached hydrogen (secondary N) is 1. The lowest BCUT2D eigenvalue weighted by Crippen LogP contribution is -2.41. The largest absolute Gasteiger partial charge is 0.350 e. The monoisotopic (exact) mass is 320 g/mol. The Labute approximate surface area is 130 Å². The van der Waals surface area contributed by atoms with Crippen molar-refractivity contribution in [3.63, 3.8) is 0 Å². The van der Waals surface area contributed by atoms with E-state index in [0.717, 1.165) is 17.5 Å². The van der Waals surface area contributed by atoms with Crippen molar-refractivity contribution in [3.05, 3.63) is 35.4 Å². The molecule has 0 aromatic heterocycles. The molecule has 0 fully saturated rings. The Balaban J connectivity index is 0.00000400. The molecule has 0 spiro atoms. The van der Waals surface area contributed by atoms with E-state index in [-0.39, 0.29) is 30.7 Å². The van der Waals surface area contributed by atoms with E-state index in [1.54, 1.807) is 0 Å². The summed E-state index contributed by atoms with van der Waals surface area (Å²) in [5.41, 5.74) is 7.13. The molecule has 0 saturated carbocycles. The number of hydrogen-bond donors (Lipinski definition) is 2. The molecule has 1 aromatic rings. The standard InChI is InChI=1S/C15H22F2N2O.ClH/c1-3-12(13-6-4-11(2)5-7-13)8-14(20)19-10-15(16,17)9-18;/h4-7,12H,3,8-10,18H2,1-2H3,(H,19,20);1H. The molecular formula is C15H23ClF2N2O. The lowest BCUT2D eigenvalue weighted by Gasteiger charge is -2.18. The van der Waals surface area contributed by atoms with Crippen molar-refractivity contribution in [1.29, 1.82) is 0 Å². The molecule has 21 heavy (non-hydrogen) atoms. The molecule has 1 atom stereocenters. The van der Waals surface area contributed by atoms with Crippen molar-refractivity contribution in [2.45, 2.75) is 38.5 Å². The summed E-state index contributed by atoms with van der Waals surface area (Å²) >= 11 is 0. The molecule has 0 radical (unpaired) electrons. The zero-order chi connectivity index (χ0) is 15.2. The van der Waals surface area contributed by atoms with Crippen LogP contribution >= 0.6 is 12.4 Å². The van der Waals surface area contributed by atoms with Crippen LogP contribution in [-0.4, -0.2) is 24.9 Å². The van der Waals surface area contributed by atoms with E-state index in [0.29, 0.717) is 0 Å². The van der Waals surface area contributed by atoms with Gasteiger partial charge in [-0.05, 0) is 24.8 Å². The highest BCUT2D eigenvalue weighted by molar-refractivity contribution is 5.85. The van der Waals surface area contributed by atoms with Crippen LogP contribution in [0.1, 0.15) is 36.8 Å². The van der Waals surface area contributed by atoms with Crippen molar-refractivity contribution in [1.82, 2.24) is 5.32 Å². The van der Waals surface area contributed by atoms with Crippen LogP contribution in [0.2, 0.25) is 0 Å². The number of hydrogen-bond acceptors (Lipinski definition) is 2. The molecule has 120 valence electrons. The molecule has 0 heterocycles. The maximum absolute atomic E-state index is 13.0. The van der Waals surface area contributed by atoms with Gasteiger partial charge in [0, 0.05) is 6.42 Å². The number of aryl methyl sites for hydroxylation is 1. The molecule has 1 aromatic carbocycles. The van der Waals surface area contributed by atoms with Gasteiger partial charge in [0.25, 0.3) is 5.92 Å². The first-order chi connectivity index (χ1) is 9.38. The summed E-state index contributed by atoms with van der Waals surface area (Å²) in [7, 11) is 0. The fraction of sp³-hybridized carbons (Fsp3) is 0.533. The minimum Gasteiger partial charge on any atom is -0.350 e. The van der Waals surface area contributed by atoms with Crippen LogP contribution in [0.4, 0.5) is 8.78 Å². The Hall–Kier alpha value is -1.20. The van der Waals surface area contributed by atoms with Crippen LogP contribution < -0.4 is 11.1 Å². The Morgan fingerprint density at radius 3 is 2.38 bits per heavy atom. The normalized spacial score (nSPS) is 12.4. The Morgan fingerprint density at radius 2 is 1.90 bits per heavy atom. The zero-order valence-electron chi connectivity index (χ0n) is 12.4. The molecule has 1 amide bonds. The molecule has 6 heteroatoms. The van der Waals surface area contributed by atoms with Gasteiger partial charge in [-0.25, -0.2) is 8.78 Å². The quantitative estimate of drug-likeness (QED) is 0.811. The number of nitrogens with two attached hydrogens (primary N) is 1. The molecule has 0 saturated heterocycles. The first-order valence-corrected chi connectivity index (χ1v) is 6.79. The van der Waals surface area contributed by atoms with E-state index >= 15 is 0 Å². The van der Waals surface area contributed by atoms with Crippen molar-refractivity contribution in [3.8, 4) is 0 Å².